The minimum absolute atomic E-state index is 0.00804. The number of amides is 1. The van der Waals surface area contributed by atoms with E-state index < -0.39 is 12.1 Å². The standard InChI is InChI=1S/C23H32N4O6/c1-14(2)8-9-27(4)23(30)31-13-18-15(3)26-33-21(18)19-11-25-20(12-24-19)32-17-7-5-6-16(10-17)22(28)29/h11-12,14,16-17H,5-10,13H2,1-4H3,(H,28,29)/t16-,17-/m0/s1. The second kappa shape index (κ2) is 11.1. The first-order valence-corrected chi connectivity index (χ1v) is 11.3. The van der Waals surface area contributed by atoms with Crippen LogP contribution in [0.4, 0.5) is 4.79 Å². The number of carbonyl (C=O) groups excluding carboxylic acids is 1. The van der Waals surface area contributed by atoms with Gasteiger partial charge in [-0.25, -0.2) is 14.8 Å². The van der Waals surface area contributed by atoms with E-state index in [-0.39, 0.29) is 18.6 Å². The van der Waals surface area contributed by atoms with Crippen molar-refractivity contribution in [3.8, 4) is 17.3 Å². The van der Waals surface area contributed by atoms with E-state index in [4.69, 9.17) is 14.0 Å². The Hall–Kier alpha value is -3.17. The van der Waals surface area contributed by atoms with Gasteiger partial charge in [-0.2, -0.15) is 0 Å². The predicted molar refractivity (Wildman–Crippen MR) is 119 cm³/mol. The van der Waals surface area contributed by atoms with Crippen LogP contribution in [0.1, 0.15) is 57.2 Å². The second-order valence-electron chi connectivity index (χ2n) is 8.92. The third kappa shape index (κ3) is 6.66. The minimum atomic E-state index is -0.787. The van der Waals surface area contributed by atoms with Gasteiger partial charge in [0.15, 0.2) is 5.76 Å². The number of nitrogens with zero attached hydrogens (tertiary/aromatic N) is 4. The van der Waals surface area contributed by atoms with Gasteiger partial charge in [-0.05, 0) is 44.9 Å². The summed E-state index contributed by atoms with van der Waals surface area (Å²) in [6.07, 6.45) is 5.99. The highest BCUT2D eigenvalue weighted by molar-refractivity contribution is 5.70. The van der Waals surface area contributed by atoms with Crippen LogP contribution in [-0.2, 0) is 16.1 Å². The lowest BCUT2D eigenvalue weighted by Gasteiger charge is -2.26. The minimum Gasteiger partial charge on any atom is -0.481 e. The van der Waals surface area contributed by atoms with Crippen molar-refractivity contribution in [2.24, 2.45) is 11.8 Å². The van der Waals surface area contributed by atoms with Crippen LogP contribution in [0.25, 0.3) is 11.5 Å². The Kier molecular flexibility index (Phi) is 8.24. The Balaban J connectivity index is 1.61. The topological polar surface area (TPSA) is 128 Å². The highest BCUT2D eigenvalue weighted by Crippen LogP contribution is 2.29. The number of hydrogen-bond acceptors (Lipinski definition) is 8. The Morgan fingerprint density at radius 3 is 2.73 bits per heavy atom. The number of carboxylic acids is 1. The number of hydrogen-bond donors (Lipinski definition) is 1. The molecule has 0 bridgehead atoms. The van der Waals surface area contributed by atoms with Crippen molar-refractivity contribution >= 4 is 12.1 Å². The average molecular weight is 461 g/mol. The molecule has 2 atom stereocenters. The average Bonchev–Trinajstić information content (AvgIpc) is 3.16. The van der Waals surface area contributed by atoms with E-state index in [0.29, 0.717) is 53.9 Å². The zero-order valence-electron chi connectivity index (χ0n) is 19.6. The third-order valence-electron chi connectivity index (χ3n) is 5.80. The molecule has 0 unspecified atom stereocenters. The number of aromatic nitrogens is 3. The van der Waals surface area contributed by atoms with E-state index in [1.165, 1.54) is 12.4 Å². The van der Waals surface area contributed by atoms with Crippen molar-refractivity contribution in [1.82, 2.24) is 20.0 Å². The molecule has 0 aliphatic heterocycles. The van der Waals surface area contributed by atoms with E-state index in [1.54, 1.807) is 18.9 Å². The Bertz CT molecular complexity index is 943. The molecule has 1 amide bonds. The molecule has 10 nitrogen and oxygen atoms in total. The molecule has 1 aliphatic rings. The summed E-state index contributed by atoms with van der Waals surface area (Å²) in [5.74, 6) is 0.0283. The summed E-state index contributed by atoms with van der Waals surface area (Å²) in [6.45, 7) is 6.60. The molecule has 33 heavy (non-hydrogen) atoms. The van der Waals surface area contributed by atoms with E-state index in [0.717, 1.165) is 19.3 Å². The molecule has 180 valence electrons. The smallest absolute Gasteiger partial charge is 0.409 e. The summed E-state index contributed by atoms with van der Waals surface area (Å²) in [5, 5.41) is 13.2. The fourth-order valence-corrected chi connectivity index (χ4v) is 3.69. The van der Waals surface area contributed by atoms with Crippen LogP contribution in [0.15, 0.2) is 16.9 Å². The number of aliphatic carboxylic acids is 1. The molecule has 1 saturated carbocycles. The molecule has 10 heteroatoms. The van der Waals surface area contributed by atoms with Crippen molar-refractivity contribution in [2.75, 3.05) is 13.6 Å². The molecule has 0 radical (unpaired) electrons. The number of carboxylic acid groups (broad SMARTS) is 1. The summed E-state index contributed by atoms with van der Waals surface area (Å²) >= 11 is 0. The van der Waals surface area contributed by atoms with E-state index in [2.05, 4.69) is 29.0 Å². The number of aryl methyl sites for hydroxylation is 1. The van der Waals surface area contributed by atoms with Gasteiger partial charge in [-0.15, -0.1) is 0 Å². The van der Waals surface area contributed by atoms with Crippen molar-refractivity contribution in [3.05, 3.63) is 23.7 Å². The maximum Gasteiger partial charge on any atom is 0.409 e. The first-order chi connectivity index (χ1) is 15.7. The lowest BCUT2D eigenvalue weighted by atomic mass is 9.87. The first-order valence-electron chi connectivity index (χ1n) is 11.3. The van der Waals surface area contributed by atoms with Gasteiger partial charge in [-0.1, -0.05) is 19.0 Å². The van der Waals surface area contributed by atoms with Crippen LogP contribution in [0.5, 0.6) is 5.88 Å². The van der Waals surface area contributed by atoms with Crippen LogP contribution < -0.4 is 4.74 Å². The van der Waals surface area contributed by atoms with Crippen LogP contribution in [0.3, 0.4) is 0 Å². The highest BCUT2D eigenvalue weighted by Gasteiger charge is 2.28. The van der Waals surface area contributed by atoms with Crippen LogP contribution in [-0.4, -0.2) is 56.9 Å². The quantitative estimate of drug-likeness (QED) is 0.588. The largest absolute Gasteiger partial charge is 0.481 e. The third-order valence-corrected chi connectivity index (χ3v) is 5.80. The molecule has 0 aromatic carbocycles. The molecule has 2 heterocycles. The summed E-state index contributed by atoms with van der Waals surface area (Å²) in [6, 6.07) is 0. The monoisotopic (exact) mass is 460 g/mol. The maximum absolute atomic E-state index is 12.3. The molecule has 0 spiro atoms. The van der Waals surface area contributed by atoms with Gasteiger partial charge in [0.1, 0.15) is 18.4 Å². The SMILES string of the molecule is Cc1noc(-c2cnc(O[C@H]3CCC[C@H](C(=O)O)C3)cn2)c1COC(=O)N(C)CCC(C)C. The Labute approximate surface area is 193 Å². The van der Waals surface area contributed by atoms with E-state index in [9.17, 15) is 14.7 Å². The number of rotatable bonds is 9. The zero-order chi connectivity index (χ0) is 24.0. The molecule has 1 N–H and O–H groups in total. The zero-order valence-corrected chi connectivity index (χ0v) is 19.6. The Morgan fingerprint density at radius 1 is 1.27 bits per heavy atom. The van der Waals surface area contributed by atoms with Crippen LogP contribution in [0, 0.1) is 18.8 Å². The van der Waals surface area contributed by atoms with Gasteiger partial charge in [-0.3, -0.25) is 4.79 Å². The van der Waals surface area contributed by atoms with Gasteiger partial charge in [0, 0.05) is 13.6 Å². The van der Waals surface area contributed by atoms with Crippen LogP contribution in [0.2, 0.25) is 0 Å². The molecule has 2 aromatic rings. The van der Waals surface area contributed by atoms with Crippen molar-refractivity contribution < 1.29 is 28.7 Å². The summed E-state index contributed by atoms with van der Waals surface area (Å²) in [5.41, 5.74) is 1.67. The van der Waals surface area contributed by atoms with Gasteiger partial charge in [0.05, 0.1) is 29.6 Å². The fraction of sp³-hybridized carbons (Fsp3) is 0.609. The van der Waals surface area contributed by atoms with Crippen molar-refractivity contribution in [1.29, 1.82) is 0 Å². The summed E-state index contributed by atoms with van der Waals surface area (Å²) in [7, 11) is 1.71. The molecular formula is C23H32N4O6. The molecule has 1 aliphatic carbocycles. The van der Waals surface area contributed by atoms with Gasteiger partial charge in [0.2, 0.25) is 5.88 Å². The van der Waals surface area contributed by atoms with Crippen molar-refractivity contribution in [3.63, 3.8) is 0 Å². The Morgan fingerprint density at radius 2 is 2.06 bits per heavy atom. The summed E-state index contributed by atoms with van der Waals surface area (Å²) < 4.78 is 16.7. The maximum atomic E-state index is 12.3. The van der Waals surface area contributed by atoms with E-state index in [1.807, 2.05) is 0 Å². The molecule has 1 fully saturated rings. The molecule has 2 aromatic heterocycles. The number of carbonyl (C=O) groups is 2. The second-order valence-corrected chi connectivity index (χ2v) is 8.92. The molecule has 0 saturated heterocycles. The van der Waals surface area contributed by atoms with Gasteiger partial charge in [0.25, 0.3) is 0 Å². The number of ether oxygens (including phenoxy) is 2. The van der Waals surface area contributed by atoms with Crippen molar-refractivity contribution in [2.45, 2.75) is 65.6 Å². The first kappa shape index (κ1) is 24.5. The predicted octanol–water partition coefficient (Wildman–Crippen LogP) is 4.08. The molecular weight excluding hydrogens is 428 g/mol. The van der Waals surface area contributed by atoms with Gasteiger partial charge < -0.3 is 24.0 Å². The lowest BCUT2D eigenvalue weighted by Crippen LogP contribution is -2.29. The van der Waals surface area contributed by atoms with Crippen LogP contribution >= 0.6 is 0 Å². The van der Waals surface area contributed by atoms with E-state index >= 15 is 0 Å². The highest BCUT2D eigenvalue weighted by atomic mass is 16.6. The summed E-state index contributed by atoms with van der Waals surface area (Å²) in [4.78, 5) is 33.7. The fourth-order valence-electron chi connectivity index (χ4n) is 3.69. The molecule has 3 rings (SSSR count). The lowest BCUT2D eigenvalue weighted by molar-refractivity contribution is -0.143. The van der Waals surface area contributed by atoms with Gasteiger partial charge >= 0.3 is 12.1 Å². The normalized spacial score (nSPS) is 18.2.